The van der Waals surface area contributed by atoms with Gasteiger partial charge in [-0.25, -0.2) is 0 Å². The van der Waals surface area contributed by atoms with Crippen LogP contribution in [0, 0.1) is 11.8 Å². The minimum absolute atomic E-state index is 0.0496. The molecule has 0 aliphatic carbocycles. The molecular weight excluding hydrogens is 276 g/mol. The van der Waals surface area contributed by atoms with Gasteiger partial charge in [-0.05, 0) is 30.0 Å². The summed E-state index contributed by atoms with van der Waals surface area (Å²) in [6.07, 6.45) is 9.01. The van der Waals surface area contributed by atoms with Gasteiger partial charge in [0.05, 0.1) is 18.4 Å². The first-order valence-corrected chi connectivity index (χ1v) is 7.82. The number of nitrogens with zero attached hydrogens (tertiary/aromatic N) is 3. The molecule has 0 aliphatic rings. The van der Waals surface area contributed by atoms with Gasteiger partial charge in [0, 0.05) is 24.5 Å². The van der Waals surface area contributed by atoms with Crippen molar-refractivity contribution in [3.63, 3.8) is 0 Å². The Balaban J connectivity index is 1.98. The monoisotopic (exact) mass is 300 g/mol. The first-order chi connectivity index (χ1) is 10.6. The third kappa shape index (κ3) is 4.41. The van der Waals surface area contributed by atoms with E-state index in [1.54, 1.807) is 18.6 Å². The molecule has 1 unspecified atom stereocenters. The molecule has 0 radical (unpaired) electrons. The van der Waals surface area contributed by atoms with Crippen LogP contribution in [-0.2, 0) is 11.3 Å². The molecule has 1 atom stereocenters. The van der Waals surface area contributed by atoms with Crippen molar-refractivity contribution in [2.75, 3.05) is 5.32 Å². The summed E-state index contributed by atoms with van der Waals surface area (Å²) in [6, 6.07) is 3.91. The van der Waals surface area contributed by atoms with E-state index in [4.69, 9.17) is 0 Å². The Hall–Kier alpha value is -2.17. The fourth-order valence-electron chi connectivity index (χ4n) is 2.50. The largest absolute Gasteiger partial charge is 0.323 e. The Labute approximate surface area is 131 Å². The molecule has 2 aromatic rings. The van der Waals surface area contributed by atoms with E-state index < -0.39 is 0 Å². The number of hydrogen-bond acceptors (Lipinski definition) is 3. The summed E-state index contributed by atoms with van der Waals surface area (Å²) in [5, 5.41) is 7.28. The Morgan fingerprint density at radius 2 is 2.05 bits per heavy atom. The number of hydrogen-bond donors (Lipinski definition) is 1. The van der Waals surface area contributed by atoms with Gasteiger partial charge in [-0.1, -0.05) is 27.2 Å². The third-order valence-corrected chi connectivity index (χ3v) is 3.74. The van der Waals surface area contributed by atoms with Crippen molar-refractivity contribution >= 4 is 11.6 Å². The SMILES string of the molecule is CCCC(C(=O)Nc1cnn(Cc2ccncc2)c1)C(C)C. The van der Waals surface area contributed by atoms with Crippen molar-refractivity contribution in [1.82, 2.24) is 14.8 Å². The number of rotatable bonds is 7. The number of anilines is 1. The number of carbonyl (C=O) groups is 1. The van der Waals surface area contributed by atoms with Gasteiger partial charge in [0.2, 0.25) is 5.91 Å². The average molecular weight is 300 g/mol. The Bertz CT molecular complexity index is 592. The summed E-state index contributed by atoms with van der Waals surface area (Å²) in [5.74, 6) is 0.473. The first-order valence-electron chi connectivity index (χ1n) is 7.82. The summed E-state index contributed by atoms with van der Waals surface area (Å²) >= 11 is 0. The molecule has 5 heteroatoms. The van der Waals surface area contributed by atoms with E-state index in [1.807, 2.05) is 23.0 Å². The number of carbonyl (C=O) groups excluding carboxylic acids is 1. The fraction of sp³-hybridized carbons (Fsp3) is 0.471. The van der Waals surface area contributed by atoms with Gasteiger partial charge in [-0.15, -0.1) is 0 Å². The molecule has 0 aliphatic heterocycles. The zero-order chi connectivity index (χ0) is 15.9. The lowest BCUT2D eigenvalue weighted by Crippen LogP contribution is -2.26. The maximum absolute atomic E-state index is 12.4. The van der Waals surface area contributed by atoms with Crippen LogP contribution >= 0.6 is 0 Å². The minimum Gasteiger partial charge on any atom is -0.323 e. The quantitative estimate of drug-likeness (QED) is 0.853. The summed E-state index contributed by atoms with van der Waals surface area (Å²) in [7, 11) is 0. The molecule has 118 valence electrons. The number of pyridine rings is 1. The topological polar surface area (TPSA) is 59.8 Å². The highest BCUT2D eigenvalue weighted by molar-refractivity contribution is 5.92. The van der Waals surface area contributed by atoms with Crippen LogP contribution in [0.2, 0.25) is 0 Å². The van der Waals surface area contributed by atoms with Crippen molar-refractivity contribution in [3.8, 4) is 0 Å². The molecule has 1 N–H and O–H groups in total. The molecule has 2 aromatic heterocycles. The van der Waals surface area contributed by atoms with E-state index in [-0.39, 0.29) is 11.8 Å². The van der Waals surface area contributed by atoms with Gasteiger partial charge >= 0.3 is 0 Å². The second kappa shape index (κ2) is 7.73. The van der Waals surface area contributed by atoms with Crippen molar-refractivity contribution in [3.05, 3.63) is 42.5 Å². The van der Waals surface area contributed by atoms with Crippen molar-refractivity contribution < 1.29 is 4.79 Å². The van der Waals surface area contributed by atoms with Gasteiger partial charge < -0.3 is 5.32 Å². The lowest BCUT2D eigenvalue weighted by Gasteiger charge is -2.18. The van der Waals surface area contributed by atoms with Gasteiger partial charge in [0.15, 0.2) is 0 Å². The van der Waals surface area contributed by atoms with Crippen LogP contribution in [0.4, 0.5) is 5.69 Å². The maximum atomic E-state index is 12.4. The van der Waals surface area contributed by atoms with Crippen LogP contribution in [0.1, 0.15) is 39.2 Å². The molecular formula is C17H24N4O. The number of nitrogens with one attached hydrogen (secondary N) is 1. The summed E-state index contributed by atoms with van der Waals surface area (Å²) < 4.78 is 1.81. The third-order valence-electron chi connectivity index (χ3n) is 3.74. The molecule has 2 heterocycles. The van der Waals surface area contributed by atoms with E-state index in [2.05, 4.69) is 36.2 Å². The number of aromatic nitrogens is 3. The van der Waals surface area contributed by atoms with E-state index in [0.29, 0.717) is 12.5 Å². The predicted octanol–water partition coefficient (Wildman–Crippen LogP) is 3.34. The van der Waals surface area contributed by atoms with E-state index in [1.165, 1.54) is 0 Å². The lowest BCUT2D eigenvalue weighted by molar-refractivity contribution is -0.121. The predicted molar refractivity (Wildman–Crippen MR) is 87.4 cm³/mol. The second-order valence-electron chi connectivity index (χ2n) is 5.91. The molecule has 0 spiro atoms. The standard InChI is InChI=1S/C17H24N4O/c1-4-5-16(13(2)3)17(22)20-15-10-19-21(12-15)11-14-6-8-18-9-7-14/h6-10,12-13,16H,4-5,11H2,1-3H3,(H,20,22). The van der Waals surface area contributed by atoms with Gasteiger partial charge in [-0.3, -0.25) is 14.5 Å². The van der Waals surface area contributed by atoms with Crippen LogP contribution in [0.5, 0.6) is 0 Å². The highest BCUT2D eigenvalue weighted by Gasteiger charge is 2.21. The van der Waals surface area contributed by atoms with Crippen molar-refractivity contribution in [2.45, 2.75) is 40.2 Å². The Kier molecular flexibility index (Phi) is 5.69. The van der Waals surface area contributed by atoms with Gasteiger partial charge in [-0.2, -0.15) is 5.10 Å². The molecule has 0 saturated carbocycles. The summed E-state index contributed by atoms with van der Waals surface area (Å²) in [6.45, 7) is 6.95. The highest BCUT2D eigenvalue weighted by atomic mass is 16.1. The summed E-state index contributed by atoms with van der Waals surface area (Å²) in [5.41, 5.74) is 1.88. The Morgan fingerprint density at radius 1 is 1.32 bits per heavy atom. The maximum Gasteiger partial charge on any atom is 0.227 e. The zero-order valence-corrected chi connectivity index (χ0v) is 13.5. The molecule has 5 nitrogen and oxygen atoms in total. The van der Waals surface area contributed by atoms with Crippen LogP contribution in [-0.4, -0.2) is 20.7 Å². The van der Waals surface area contributed by atoms with E-state index >= 15 is 0 Å². The fourth-order valence-corrected chi connectivity index (χ4v) is 2.50. The van der Waals surface area contributed by atoms with Crippen LogP contribution in [0.15, 0.2) is 36.9 Å². The molecule has 2 rings (SSSR count). The van der Waals surface area contributed by atoms with Gasteiger partial charge in [0.1, 0.15) is 0 Å². The van der Waals surface area contributed by atoms with Crippen molar-refractivity contribution in [2.24, 2.45) is 11.8 Å². The lowest BCUT2D eigenvalue weighted by atomic mass is 9.90. The van der Waals surface area contributed by atoms with E-state index in [9.17, 15) is 4.79 Å². The molecule has 1 amide bonds. The zero-order valence-electron chi connectivity index (χ0n) is 13.5. The Morgan fingerprint density at radius 3 is 2.68 bits per heavy atom. The molecule has 0 aromatic carbocycles. The number of amides is 1. The average Bonchev–Trinajstić information content (AvgIpc) is 2.92. The first kappa shape index (κ1) is 16.2. The second-order valence-corrected chi connectivity index (χ2v) is 5.91. The smallest absolute Gasteiger partial charge is 0.227 e. The van der Waals surface area contributed by atoms with Crippen LogP contribution in [0.25, 0.3) is 0 Å². The normalized spacial score (nSPS) is 12.4. The van der Waals surface area contributed by atoms with Crippen molar-refractivity contribution in [1.29, 1.82) is 0 Å². The molecule has 0 saturated heterocycles. The van der Waals surface area contributed by atoms with Crippen LogP contribution in [0.3, 0.4) is 0 Å². The van der Waals surface area contributed by atoms with Gasteiger partial charge in [0.25, 0.3) is 0 Å². The van der Waals surface area contributed by atoms with Crippen LogP contribution < -0.4 is 5.32 Å². The molecule has 22 heavy (non-hydrogen) atoms. The van der Waals surface area contributed by atoms with E-state index in [0.717, 1.165) is 24.1 Å². The highest BCUT2D eigenvalue weighted by Crippen LogP contribution is 2.19. The molecule has 0 fully saturated rings. The molecule has 0 bridgehead atoms. The minimum atomic E-state index is 0.0496. The summed E-state index contributed by atoms with van der Waals surface area (Å²) in [4.78, 5) is 16.4.